The molecule has 0 radical (unpaired) electrons. The Morgan fingerprint density at radius 3 is 2.13 bits per heavy atom. The number of benzene rings is 1. The number of imide groups is 1. The molecular weight excluding hydrogens is 380 g/mol. The van der Waals surface area contributed by atoms with E-state index in [2.05, 4.69) is 5.32 Å². The molecule has 0 unspecified atom stereocenters. The fourth-order valence-electron chi connectivity index (χ4n) is 4.18. The topological polar surface area (TPSA) is 75.7 Å². The Morgan fingerprint density at radius 1 is 0.933 bits per heavy atom. The maximum absolute atomic E-state index is 12.3. The molecule has 1 atom stereocenters. The first-order chi connectivity index (χ1) is 14.7. The average Bonchev–Trinajstić information content (AvgIpc) is 3.36. The first-order valence-electron chi connectivity index (χ1n) is 11.5. The zero-order valence-corrected chi connectivity index (χ0v) is 17.9. The molecule has 0 bridgehead atoms. The summed E-state index contributed by atoms with van der Waals surface area (Å²) >= 11 is 0. The van der Waals surface area contributed by atoms with Gasteiger partial charge in [-0.3, -0.25) is 19.3 Å². The Hall–Kier alpha value is -2.21. The molecule has 1 saturated heterocycles. The van der Waals surface area contributed by atoms with Gasteiger partial charge in [-0.1, -0.05) is 50.7 Å². The number of rotatable bonds is 13. The Bertz CT molecular complexity index is 693. The lowest BCUT2D eigenvalue weighted by Gasteiger charge is -2.13. The summed E-state index contributed by atoms with van der Waals surface area (Å²) in [4.78, 5) is 37.8. The number of ether oxygens (including phenoxy) is 1. The maximum Gasteiger partial charge on any atom is 0.261 e. The number of nitrogens with zero attached hydrogens (tertiary/aromatic N) is 1. The Kier molecular flexibility index (Phi) is 8.87. The van der Waals surface area contributed by atoms with Gasteiger partial charge in [0.1, 0.15) is 0 Å². The van der Waals surface area contributed by atoms with E-state index in [9.17, 15) is 14.4 Å². The van der Waals surface area contributed by atoms with Crippen LogP contribution in [0.4, 0.5) is 0 Å². The van der Waals surface area contributed by atoms with E-state index in [1.165, 1.54) is 11.3 Å². The smallest absolute Gasteiger partial charge is 0.261 e. The van der Waals surface area contributed by atoms with Gasteiger partial charge in [0.05, 0.1) is 17.2 Å². The van der Waals surface area contributed by atoms with Crippen LogP contribution in [0, 0.1) is 0 Å². The summed E-state index contributed by atoms with van der Waals surface area (Å²) in [5.74, 6) is -0.176. The van der Waals surface area contributed by atoms with Gasteiger partial charge >= 0.3 is 0 Å². The average molecular weight is 415 g/mol. The minimum Gasteiger partial charge on any atom is -0.376 e. The van der Waals surface area contributed by atoms with Gasteiger partial charge in [0.15, 0.2) is 0 Å². The van der Waals surface area contributed by atoms with Gasteiger partial charge in [-0.05, 0) is 37.8 Å². The molecule has 2 heterocycles. The summed E-state index contributed by atoms with van der Waals surface area (Å²) in [6, 6.07) is 7.04. The van der Waals surface area contributed by atoms with Gasteiger partial charge in [0.25, 0.3) is 11.8 Å². The minimum atomic E-state index is -0.157. The summed E-state index contributed by atoms with van der Waals surface area (Å²) in [6.07, 6.45) is 11.5. The van der Waals surface area contributed by atoms with Crippen molar-refractivity contribution < 1.29 is 19.1 Å². The highest BCUT2D eigenvalue weighted by atomic mass is 16.5. The molecule has 30 heavy (non-hydrogen) atoms. The molecule has 6 nitrogen and oxygen atoms in total. The number of carbonyl (C=O) groups excluding carboxylic acids is 3. The van der Waals surface area contributed by atoms with Crippen molar-refractivity contribution in [3.63, 3.8) is 0 Å². The quantitative estimate of drug-likeness (QED) is 0.390. The van der Waals surface area contributed by atoms with Crippen LogP contribution in [0.1, 0.15) is 91.3 Å². The van der Waals surface area contributed by atoms with Crippen LogP contribution >= 0.6 is 0 Å². The molecule has 1 fully saturated rings. The molecule has 6 heteroatoms. The lowest BCUT2D eigenvalue weighted by molar-refractivity contribution is -0.121. The second kappa shape index (κ2) is 11.8. The van der Waals surface area contributed by atoms with Crippen LogP contribution in [-0.4, -0.2) is 48.4 Å². The molecule has 1 aromatic carbocycles. The van der Waals surface area contributed by atoms with E-state index in [0.29, 0.717) is 30.6 Å². The predicted octanol–water partition coefficient (Wildman–Crippen LogP) is 4.09. The third-order valence-electron chi connectivity index (χ3n) is 5.96. The zero-order chi connectivity index (χ0) is 21.2. The van der Waals surface area contributed by atoms with Crippen LogP contribution in [0.3, 0.4) is 0 Å². The highest BCUT2D eigenvalue weighted by molar-refractivity contribution is 6.21. The van der Waals surface area contributed by atoms with Crippen LogP contribution in [0.5, 0.6) is 0 Å². The first-order valence-corrected chi connectivity index (χ1v) is 11.5. The van der Waals surface area contributed by atoms with Crippen LogP contribution in [-0.2, 0) is 9.53 Å². The lowest BCUT2D eigenvalue weighted by Crippen LogP contribution is -2.31. The Balaban J connectivity index is 1.14. The number of unbranched alkanes of at least 4 members (excludes halogenated alkanes) is 7. The molecule has 0 saturated carbocycles. The van der Waals surface area contributed by atoms with E-state index in [-0.39, 0.29) is 23.8 Å². The number of hydrogen-bond donors (Lipinski definition) is 1. The van der Waals surface area contributed by atoms with Crippen LogP contribution in [0.25, 0.3) is 0 Å². The molecule has 164 valence electrons. The van der Waals surface area contributed by atoms with Gasteiger partial charge in [-0.15, -0.1) is 0 Å². The third-order valence-corrected chi connectivity index (χ3v) is 5.96. The minimum absolute atomic E-state index is 0.138. The molecular formula is C24H34N2O4. The normalized spacial score (nSPS) is 18.1. The lowest BCUT2D eigenvalue weighted by atomic mass is 10.1. The number of amides is 3. The van der Waals surface area contributed by atoms with Crippen molar-refractivity contribution in [2.24, 2.45) is 0 Å². The summed E-state index contributed by atoms with van der Waals surface area (Å²) in [5, 5.41) is 2.97. The Morgan fingerprint density at radius 2 is 1.53 bits per heavy atom. The molecule has 0 aliphatic carbocycles. The predicted molar refractivity (Wildman–Crippen MR) is 115 cm³/mol. The molecule has 1 N–H and O–H groups in total. The fourth-order valence-corrected chi connectivity index (χ4v) is 4.18. The van der Waals surface area contributed by atoms with Crippen molar-refractivity contribution in [3.8, 4) is 0 Å². The molecule has 1 aromatic rings. The zero-order valence-electron chi connectivity index (χ0n) is 17.9. The Labute approximate surface area is 179 Å². The van der Waals surface area contributed by atoms with E-state index < -0.39 is 0 Å². The number of hydrogen-bond acceptors (Lipinski definition) is 4. The van der Waals surface area contributed by atoms with E-state index in [1.54, 1.807) is 24.3 Å². The summed E-state index contributed by atoms with van der Waals surface area (Å²) in [5.41, 5.74) is 1.06. The SMILES string of the molecule is O=C(CCCCCCCCCCN1C(=O)c2ccccc2C1=O)NC[C@H]1CCCO1. The third kappa shape index (κ3) is 6.39. The van der Waals surface area contributed by atoms with Crippen LogP contribution in [0.2, 0.25) is 0 Å². The van der Waals surface area contributed by atoms with E-state index >= 15 is 0 Å². The molecule has 0 aromatic heterocycles. The highest BCUT2D eigenvalue weighted by Gasteiger charge is 2.34. The van der Waals surface area contributed by atoms with E-state index in [1.807, 2.05) is 0 Å². The number of carbonyl (C=O) groups is 3. The van der Waals surface area contributed by atoms with Crippen molar-refractivity contribution in [2.45, 2.75) is 76.7 Å². The van der Waals surface area contributed by atoms with Gasteiger partial charge in [0, 0.05) is 26.1 Å². The van der Waals surface area contributed by atoms with Crippen molar-refractivity contribution >= 4 is 17.7 Å². The standard InChI is InChI=1S/C24H34N2O4/c27-22(25-18-19-12-11-17-30-19)15-7-5-3-1-2-4-6-10-16-26-23(28)20-13-8-9-14-21(20)24(26)29/h8-9,13-14,19H,1-7,10-12,15-18H2,(H,25,27)/t19-/m1/s1. The molecule has 2 aliphatic rings. The summed E-state index contributed by atoms with van der Waals surface area (Å²) in [6.45, 7) is 1.98. The van der Waals surface area contributed by atoms with E-state index in [4.69, 9.17) is 4.74 Å². The summed E-state index contributed by atoms with van der Waals surface area (Å²) in [7, 11) is 0. The van der Waals surface area contributed by atoms with E-state index in [0.717, 1.165) is 64.4 Å². The number of nitrogens with one attached hydrogen (secondary N) is 1. The highest BCUT2D eigenvalue weighted by Crippen LogP contribution is 2.23. The van der Waals surface area contributed by atoms with Gasteiger partial charge in [0.2, 0.25) is 5.91 Å². The first kappa shape index (κ1) is 22.5. The largest absolute Gasteiger partial charge is 0.376 e. The van der Waals surface area contributed by atoms with Crippen molar-refractivity contribution in [1.82, 2.24) is 10.2 Å². The summed E-state index contributed by atoms with van der Waals surface area (Å²) < 4.78 is 5.50. The molecule has 3 rings (SSSR count). The monoisotopic (exact) mass is 414 g/mol. The second-order valence-electron chi connectivity index (χ2n) is 8.33. The van der Waals surface area contributed by atoms with Crippen molar-refractivity contribution in [2.75, 3.05) is 19.7 Å². The van der Waals surface area contributed by atoms with Crippen molar-refractivity contribution in [1.29, 1.82) is 0 Å². The number of fused-ring (bicyclic) bond motifs is 1. The fraction of sp³-hybridized carbons (Fsp3) is 0.625. The van der Waals surface area contributed by atoms with Crippen LogP contribution < -0.4 is 5.32 Å². The van der Waals surface area contributed by atoms with Gasteiger partial charge < -0.3 is 10.1 Å². The van der Waals surface area contributed by atoms with Gasteiger partial charge in [-0.2, -0.15) is 0 Å². The van der Waals surface area contributed by atoms with Crippen LogP contribution in [0.15, 0.2) is 24.3 Å². The molecule has 2 aliphatic heterocycles. The molecule has 0 spiro atoms. The van der Waals surface area contributed by atoms with Crippen molar-refractivity contribution in [3.05, 3.63) is 35.4 Å². The maximum atomic E-state index is 12.3. The molecule has 3 amide bonds. The van der Waals surface area contributed by atoms with Gasteiger partial charge in [-0.25, -0.2) is 0 Å². The second-order valence-corrected chi connectivity index (χ2v) is 8.33.